The average molecular weight is 332 g/mol. The van der Waals surface area contributed by atoms with Gasteiger partial charge in [0.2, 0.25) is 0 Å². The lowest BCUT2D eigenvalue weighted by Crippen LogP contribution is -2.36. The van der Waals surface area contributed by atoms with E-state index in [4.69, 9.17) is 0 Å². The summed E-state index contributed by atoms with van der Waals surface area (Å²) in [6.45, 7) is 7.03. The van der Waals surface area contributed by atoms with Gasteiger partial charge in [-0.3, -0.25) is 4.90 Å². The Balaban J connectivity index is 1.57. The van der Waals surface area contributed by atoms with Crippen molar-refractivity contribution in [2.24, 2.45) is 20.0 Å². The lowest BCUT2D eigenvalue weighted by Gasteiger charge is -2.33. The van der Waals surface area contributed by atoms with Crippen LogP contribution in [0.25, 0.3) is 0 Å². The Hall–Kier alpha value is -1.73. The number of hydrogen-bond donors (Lipinski definition) is 1. The van der Waals surface area contributed by atoms with Gasteiger partial charge in [-0.25, -0.2) is 4.98 Å². The number of rotatable bonds is 5. The maximum atomic E-state index is 10.6. The van der Waals surface area contributed by atoms with Crippen LogP contribution in [-0.2, 0) is 20.6 Å². The number of aromatic nitrogens is 5. The number of hydrogen-bond acceptors (Lipinski definition) is 5. The Morgan fingerprint density at radius 1 is 1.17 bits per heavy atom. The molecular weight excluding hydrogens is 304 g/mol. The highest BCUT2D eigenvalue weighted by Crippen LogP contribution is 2.30. The van der Waals surface area contributed by atoms with Crippen molar-refractivity contribution in [2.45, 2.75) is 45.3 Å². The van der Waals surface area contributed by atoms with Gasteiger partial charge in [0.25, 0.3) is 0 Å². The Labute approximate surface area is 143 Å². The molecule has 1 atom stereocenters. The highest BCUT2D eigenvalue weighted by Gasteiger charge is 2.29. The molecule has 0 bridgehead atoms. The molecule has 0 aromatic carbocycles. The van der Waals surface area contributed by atoms with E-state index in [0.29, 0.717) is 5.92 Å². The Morgan fingerprint density at radius 3 is 2.42 bits per heavy atom. The van der Waals surface area contributed by atoms with E-state index < -0.39 is 6.10 Å². The third kappa shape index (κ3) is 3.37. The van der Waals surface area contributed by atoms with Crippen LogP contribution in [0, 0.1) is 5.92 Å². The van der Waals surface area contributed by atoms with Gasteiger partial charge in [0.05, 0.1) is 6.54 Å². The number of nitrogens with zero attached hydrogens (tertiary/aromatic N) is 6. The molecule has 7 nitrogen and oxygen atoms in total. The summed E-state index contributed by atoms with van der Waals surface area (Å²) in [6, 6.07) is 0. The van der Waals surface area contributed by atoms with Gasteiger partial charge >= 0.3 is 0 Å². The van der Waals surface area contributed by atoms with Crippen molar-refractivity contribution in [3.8, 4) is 0 Å². The molecule has 3 heterocycles. The zero-order valence-corrected chi connectivity index (χ0v) is 15.1. The van der Waals surface area contributed by atoms with E-state index in [1.54, 1.807) is 6.20 Å². The van der Waals surface area contributed by atoms with E-state index in [1.807, 2.05) is 24.9 Å². The maximum Gasteiger partial charge on any atom is 0.146 e. The van der Waals surface area contributed by atoms with Crippen LogP contribution >= 0.6 is 0 Å². The van der Waals surface area contributed by atoms with Crippen molar-refractivity contribution in [1.82, 2.24) is 29.2 Å². The summed E-state index contributed by atoms with van der Waals surface area (Å²) in [7, 11) is 3.98. The van der Waals surface area contributed by atoms with E-state index in [1.165, 1.54) is 0 Å². The molecule has 0 aliphatic carbocycles. The van der Waals surface area contributed by atoms with Gasteiger partial charge in [-0.15, -0.1) is 10.2 Å². The number of aliphatic hydroxyl groups excluding tert-OH is 1. The second kappa shape index (κ2) is 7.03. The Kier molecular flexibility index (Phi) is 5.01. The quantitative estimate of drug-likeness (QED) is 0.901. The largest absolute Gasteiger partial charge is 0.385 e. The minimum Gasteiger partial charge on any atom is -0.385 e. The highest BCUT2D eigenvalue weighted by atomic mass is 16.3. The zero-order chi connectivity index (χ0) is 17.3. The minimum absolute atomic E-state index is 0.271. The molecule has 0 radical (unpaired) electrons. The van der Waals surface area contributed by atoms with E-state index in [-0.39, 0.29) is 5.92 Å². The fourth-order valence-corrected chi connectivity index (χ4v) is 3.52. The molecule has 0 spiro atoms. The SMILES string of the molecule is CC(C)c1nnc(CN2CCC(C(O)c3nccn3C)CC2)n1C. The fraction of sp³-hybridized carbons (Fsp3) is 0.706. The molecule has 132 valence electrons. The van der Waals surface area contributed by atoms with Crippen molar-refractivity contribution in [2.75, 3.05) is 13.1 Å². The van der Waals surface area contributed by atoms with Crippen molar-refractivity contribution < 1.29 is 5.11 Å². The summed E-state index contributed by atoms with van der Waals surface area (Å²) < 4.78 is 4.02. The summed E-state index contributed by atoms with van der Waals surface area (Å²) in [4.78, 5) is 6.68. The van der Waals surface area contributed by atoms with Crippen LogP contribution in [0.4, 0.5) is 0 Å². The van der Waals surface area contributed by atoms with Crippen LogP contribution in [0.2, 0.25) is 0 Å². The van der Waals surface area contributed by atoms with E-state index in [9.17, 15) is 5.11 Å². The molecule has 1 N–H and O–H groups in total. The summed E-state index contributed by atoms with van der Waals surface area (Å²) in [5, 5.41) is 19.2. The normalized spacial score (nSPS) is 18.4. The second-order valence-corrected chi connectivity index (χ2v) is 7.14. The van der Waals surface area contributed by atoms with Crippen LogP contribution in [0.5, 0.6) is 0 Å². The Bertz CT molecular complexity index is 668. The number of likely N-dealkylation sites (tertiary alicyclic amines) is 1. The second-order valence-electron chi connectivity index (χ2n) is 7.14. The van der Waals surface area contributed by atoms with Crippen LogP contribution < -0.4 is 0 Å². The number of piperidine rings is 1. The highest BCUT2D eigenvalue weighted by molar-refractivity contribution is 5.01. The van der Waals surface area contributed by atoms with E-state index >= 15 is 0 Å². The van der Waals surface area contributed by atoms with Gasteiger partial charge in [0.15, 0.2) is 0 Å². The zero-order valence-electron chi connectivity index (χ0n) is 15.1. The lowest BCUT2D eigenvalue weighted by atomic mass is 9.90. The Morgan fingerprint density at radius 2 is 1.88 bits per heavy atom. The minimum atomic E-state index is -0.477. The summed E-state index contributed by atoms with van der Waals surface area (Å²) >= 11 is 0. The predicted octanol–water partition coefficient (Wildman–Crippen LogP) is 1.62. The van der Waals surface area contributed by atoms with Gasteiger partial charge < -0.3 is 14.2 Å². The molecule has 2 aromatic heterocycles. The molecule has 0 amide bonds. The van der Waals surface area contributed by atoms with Crippen LogP contribution in [0.1, 0.15) is 56.2 Å². The number of imidazole rings is 1. The van der Waals surface area contributed by atoms with Gasteiger partial charge in [0, 0.05) is 32.4 Å². The number of aliphatic hydroxyl groups is 1. The van der Waals surface area contributed by atoms with Crippen molar-refractivity contribution in [1.29, 1.82) is 0 Å². The van der Waals surface area contributed by atoms with Crippen molar-refractivity contribution in [3.05, 3.63) is 29.9 Å². The standard InChI is InChI=1S/C17H28N6O/c1-12(2)16-20-19-14(22(16)4)11-23-8-5-13(6-9-23)15(24)17-18-7-10-21(17)3/h7,10,12-13,15,24H,5-6,8-9,11H2,1-4H3. The van der Waals surface area contributed by atoms with Gasteiger partial charge in [-0.2, -0.15) is 0 Å². The van der Waals surface area contributed by atoms with Crippen molar-refractivity contribution in [3.63, 3.8) is 0 Å². The van der Waals surface area contributed by atoms with Gasteiger partial charge in [-0.1, -0.05) is 13.8 Å². The summed E-state index contributed by atoms with van der Waals surface area (Å²) in [6.07, 6.45) is 5.10. The smallest absolute Gasteiger partial charge is 0.146 e. The predicted molar refractivity (Wildman–Crippen MR) is 91.3 cm³/mol. The first-order chi connectivity index (χ1) is 11.5. The molecule has 1 unspecified atom stereocenters. The fourth-order valence-electron chi connectivity index (χ4n) is 3.52. The van der Waals surface area contributed by atoms with Gasteiger partial charge in [0.1, 0.15) is 23.6 Å². The van der Waals surface area contributed by atoms with Crippen LogP contribution in [0.3, 0.4) is 0 Å². The molecule has 24 heavy (non-hydrogen) atoms. The monoisotopic (exact) mass is 332 g/mol. The molecule has 1 aliphatic heterocycles. The topological polar surface area (TPSA) is 72.0 Å². The number of aryl methyl sites for hydroxylation is 1. The van der Waals surface area contributed by atoms with Gasteiger partial charge in [-0.05, 0) is 31.8 Å². The third-order valence-electron chi connectivity index (χ3n) is 5.08. The molecule has 1 fully saturated rings. The van der Waals surface area contributed by atoms with E-state index in [2.05, 4.69) is 38.5 Å². The lowest BCUT2D eigenvalue weighted by molar-refractivity contribution is 0.0483. The van der Waals surface area contributed by atoms with Crippen LogP contribution in [0.15, 0.2) is 12.4 Å². The van der Waals surface area contributed by atoms with Crippen LogP contribution in [-0.4, -0.2) is 47.4 Å². The summed E-state index contributed by atoms with van der Waals surface area (Å²) in [5.74, 6) is 3.47. The first kappa shape index (κ1) is 17.1. The molecular formula is C17H28N6O. The third-order valence-corrected chi connectivity index (χ3v) is 5.08. The molecule has 3 rings (SSSR count). The van der Waals surface area contributed by atoms with Crippen molar-refractivity contribution >= 4 is 0 Å². The molecule has 7 heteroatoms. The van der Waals surface area contributed by atoms with E-state index in [0.717, 1.165) is 49.9 Å². The molecule has 0 saturated carbocycles. The maximum absolute atomic E-state index is 10.6. The first-order valence-electron chi connectivity index (χ1n) is 8.73. The molecule has 2 aromatic rings. The molecule has 1 aliphatic rings. The summed E-state index contributed by atoms with van der Waals surface area (Å²) in [5.41, 5.74) is 0. The average Bonchev–Trinajstić information content (AvgIpc) is 3.14. The first-order valence-corrected chi connectivity index (χ1v) is 8.73. The molecule has 1 saturated heterocycles.